The van der Waals surface area contributed by atoms with Crippen LogP contribution in [0.25, 0.3) is 11.3 Å². The molecule has 0 bridgehead atoms. The van der Waals surface area contributed by atoms with Crippen molar-refractivity contribution in [3.05, 3.63) is 77.7 Å². The number of anilines is 1. The number of aromatic nitrogens is 2. The van der Waals surface area contributed by atoms with Crippen LogP contribution in [0.15, 0.2) is 65.8 Å². The fraction of sp³-hybridized carbons (Fsp3) is 0.346. The van der Waals surface area contributed by atoms with Crippen LogP contribution in [0.2, 0.25) is 0 Å². The minimum absolute atomic E-state index is 0.0886. The third-order valence-electron chi connectivity index (χ3n) is 6.47. The zero-order chi connectivity index (χ0) is 22.8. The summed E-state index contributed by atoms with van der Waals surface area (Å²) in [4.78, 5) is 19.0. The van der Waals surface area contributed by atoms with E-state index >= 15 is 0 Å². The number of rotatable bonds is 5. The molecule has 0 saturated carbocycles. The molecule has 2 aliphatic rings. The molecule has 0 aliphatic carbocycles. The summed E-state index contributed by atoms with van der Waals surface area (Å²) in [6.07, 6.45) is 1.89. The first-order chi connectivity index (χ1) is 16.1. The average Bonchev–Trinajstić information content (AvgIpc) is 3.26. The number of aryl methyl sites for hydroxylation is 1. The summed E-state index contributed by atoms with van der Waals surface area (Å²) in [6.45, 7) is 9.78. The van der Waals surface area contributed by atoms with Crippen LogP contribution in [-0.4, -0.2) is 52.8 Å². The monoisotopic (exact) mass is 458 g/mol. The molecule has 1 fully saturated rings. The second kappa shape index (κ2) is 9.53. The number of benzene rings is 1. The molecule has 2 aromatic heterocycles. The molecule has 0 spiro atoms. The lowest BCUT2D eigenvalue weighted by Crippen LogP contribution is -2.46. The molecule has 0 amide bonds. The largest absolute Gasteiger partial charge is 0.379 e. The van der Waals surface area contributed by atoms with Gasteiger partial charge in [0.25, 0.3) is 0 Å². The van der Waals surface area contributed by atoms with Gasteiger partial charge in [-0.25, -0.2) is 0 Å². The Labute approximate surface area is 200 Å². The van der Waals surface area contributed by atoms with Gasteiger partial charge in [0.1, 0.15) is 6.04 Å². The van der Waals surface area contributed by atoms with Crippen LogP contribution in [0.4, 0.5) is 5.69 Å². The molecule has 170 valence electrons. The predicted molar refractivity (Wildman–Crippen MR) is 138 cm³/mol. The molecule has 4 heterocycles. The van der Waals surface area contributed by atoms with Crippen molar-refractivity contribution < 1.29 is 0 Å². The van der Waals surface area contributed by atoms with E-state index in [2.05, 4.69) is 58.1 Å². The zero-order valence-electron chi connectivity index (χ0n) is 19.2. The zero-order valence-corrected chi connectivity index (χ0v) is 20.0. The number of hydrogen-bond acceptors (Lipinski definition) is 7. The highest BCUT2D eigenvalue weighted by Gasteiger charge is 2.33. The Balaban J connectivity index is 1.36. The lowest BCUT2D eigenvalue weighted by molar-refractivity contribution is 0.271. The van der Waals surface area contributed by atoms with Crippen molar-refractivity contribution in [2.75, 3.05) is 37.6 Å². The van der Waals surface area contributed by atoms with Crippen molar-refractivity contribution in [3.8, 4) is 11.3 Å². The van der Waals surface area contributed by atoms with Crippen molar-refractivity contribution in [1.82, 2.24) is 14.9 Å². The Morgan fingerprint density at radius 1 is 1.03 bits per heavy atom. The van der Waals surface area contributed by atoms with Crippen LogP contribution in [0, 0.1) is 6.92 Å². The molecule has 5 rings (SSSR count). The third-order valence-corrected chi connectivity index (χ3v) is 7.60. The Morgan fingerprint density at radius 3 is 2.55 bits per heavy atom. The van der Waals surface area contributed by atoms with Gasteiger partial charge in [0.05, 0.1) is 16.6 Å². The first-order valence-corrected chi connectivity index (χ1v) is 12.5. The van der Waals surface area contributed by atoms with Crippen LogP contribution >= 0.6 is 11.8 Å². The molecule has 2 unspecified atom stereocenters. The maximum atomic E-state index is 6.14. The number of pyridine rings is 2. The SMILES string of the molecule is CCN1CCN(c2ccc(-c3cc(C4SC(N)=NC4c4cccc(C)n4)ccn3)cc2)CC1. The highest BCUT2D eigenvalue weighted by atomic mass is 32.2. The summed E-state index contributed by atoms with van der Waals surface area (Å²) in [5.41, 5.74) is 12.6. The predicted octanol–water partition coefficient (Wildman–Crippen LogP) is 4.44. The first kappa shape index (κ1) is 21.9. The minimum Gasteiger partial charge on any atom is -0.379 e. The fourth-order valence-electron chi connectivity index (χ4n) is 4.58. The quantitative estimate of drug-likeness (QED) is 0.610. The molecule has 1 saturated heterocycles. The van der Waals surface area contributed by atoms with E-state index in [1.807, 2.05) is 31.3 Å². The smallest absolute Gasteiger partial charge is 0.155 e. The molecule has 33 heavy (non-hydrogen) atoms. The van der Waals surface area contributed by atoms with E-state index in [0.29, 0.717) is 5.17 Å². The van der Waals surface area contributed by atoms with Crippen LogP contribution in [-0.2, 0) is 0 Å². The number of thioether (sulfide) groups is 1. The minimum atomic E-state index is -0.0886. The first-order valence-electron chi connectivity index (χ1n) is 11.6. The van der Waals surface area contributed by atoms with Crippen LogP contribution in [0.1, 0.15) is 35.2 Å². The van der Waals surface area contributed by atoms with Gasteiger partial charge in [0, 0.05) is 49.3 Å². The van der Waals surface area contributed by atoms with Crippen molar-refractivity contribution in [1.29, 1.82) is 0 Å². The average molecular weight is 459 g/mol. The maximum Gasteiger partial charge on any atom is 0.155 e. The van der Waals surface area contributed by atoms with E-state index in [-0.39, 0.29) is 11.3 Å². The Kier molecular flexibility index (Phi) is 6.33. The fourth-order valence-corrected chi connectivity index (χ4v) is 5.62. The van der Waals surface area contributed by atoms with Crippen LogP contribution < -0.4 is 10.6 Å². The molecule has 3 aromatic rings. The molecule has 6 nitrogen and oxygen atoms in total. The van der Waals surface area contributed by atoms with Gasteiger partial charge >= 0.3 is 0 Å². The highest BCUT2D eigenvalue weighted by Crippen LogP contribution is 2.47. The van der Waals surface area contributed by atoms with Gasteiger partial charge < -0.3 is 15.5 Å². The third kappa shape index (κ3) is 4.75. The summed E-state index contributed by atoms with van der Waals surface area (Å²) in [5.74, 6) is 0. The van der Waals surface area contributed by atoms with Crippen molar-refractivity contribution >= 4 is 22.6 Å². The molecule has 2 aliphatic heterocycles. The number of amidine groups is 1. The van der Waals surface area contributed by atoms with E-state index in [1.54, 1.807) is 11.8 Å². The lowest BCUT2D eigenvalue weighted by Gasteiger charge is -2.35. The second-order valence-electron chi connectivity index (χ2n) is 8.60. The number of hydrogen-bond donors (Lipinski definition) is 1. The normalized spacial score (nSPS) is 21.3. The molecule has 7 heteroatoms. The van der Waals surface area contributed by atoms with E-state index < -0.39 is 0 Å². The summed E-state index contributed by atoms with van der Waals surface area (Å²) < 4.78 is 0. The molecule has 2 N–H and O–H groups in total. The van der Waals surface area contributed by atoms with Gasteiger partial charge in [-0.15, -0.1) is 0 Å². The Hall–Kier alpha value is -2.90. The number of aliphatic imine (C=N–C) groups is 1. The summed E-state index contributed by atoms with van der Waals surface area (Å²) in [5, 5.41) is 0.703. The molecular formula is C26H30N6S. The highest BCUT2D eigenvalue weighted by molar-refractivity contribution is 8.14. The number of nitrogens with zero attached hydrogens (tertiary/aromatic N) is 5. The van der Waals surface area contributed by atoms with Gasteiger partial charge in [0.2, 0.25) is 0 Å². The van der Waals surface area contributed by atoms with Crippen molar-refractivity contribution in [3.63, 3.8) is 0 Å². The van der Waals surface area contributed by atoms with Gasteiger partial charge in [-0.1, -0.05) is 36.9 Å². The Bertz CT molecular complexity index is 1140. The van der Waals surface area contributed by atoms with Gasteiger partial charge in [0.15, 0.2) is 5.17 Å². The number of likely N-dealkylation sites (N-methyl/N-ethyl adjacent to an activating group) is 1. The van der Waals surface area contributed by atoms with Crippen molar-refractivity contribution in [2.24, 2.45) is 10.7 Å². The number of nitrogens with two attached hydrogens (primary N) is 1. The van der Waals surface area contributed by atoms with E-state index in [0.717, 1.165) is 55.4 Å². The summed E-state index contributed by atoms with van der Waals surface area (Å²) in [7, 11) is 0. The van der Waals surface area contributed by atoms with Gasteiger partial charge in [-0.3, -0.25) is 15.0 Å². The number of piperazine rings is 1. The van der Waals surface area contributed by atoms with E-state index in [1.165, 1.54) is 11.3 Å². The topological polar surface area (TPSA) is 70.6 Å². The maximum absolute atomic E-state index is 6.14. The standard InChI is InChI=1S/C26H30N6S/c1-3-31-13-15-32(16-14-31)21-9-7-19(8-10-21)23-17-20(11-12-28-23)25-24(30-26(27)33-25)22-6-4-5-18(2)29-22/h4-12,17,24-25H,3,13-16H2,1-2H3,(H2,27,30). The van der Waals surface area contributed by atoms with Crippen molar-refractivity contribution in [2.45, 2.75) is 25.1 Å². The van der Waals surface area contributed by atoms with Gasteiger partial charge in [-0.2, -0.15) is 0 Å². The van der Waals surface area contributed by atoms with E-state index in [9.17, 15) is 0 Å². The summed E-state index contributed by atoms with van der Waals surface area (Å²) >= 11 is 1.60. The Morgan fingerprint density at radius 2 is 1.82 bits per heavy atom. The second-order valence-corrected chi connectivity index (χ2v) is 9.76. The molecular weight excluding hydrogens is 428 g/mol. The van der Waals surface area contributed by atoms with E-state index in [4.69, 9.17) is 15.7 Å². The van der Waals surface area contributed by atoms with Crippen LogP contribution in [0.5, 0.6) is 0 Å². The van der Waals surface area contributed by atoms with Gasteiger partial charge in [-0.05, 0) is 55.4 Å². The molecule has 1 aromatic carbocycles. The van der Waals surface area contributed by atoms with Crippen LogP contribution in [0.3, 0.4) is 0 Å². The molecule has 2 atom stereocenters. The molecule has 0 radical (unpaired) electrons. The summed E-state index contributed by atoms with van der Waals surface area (Å²) in [6, 6.07) is 19.0. The lowest BCUT2D eigenvalue weighted by atomic mass is 10.0.